The maximum Gasteiger partial charge on any atom is -0.00596 e. The van der Waals surface area contributed by atoms with Crippen molar-refractivity contribution in [3.05, 3.63) is 36.1 Å². The maximum absolute atomic E-state index is 5.37. The van der Waals surface area contributed by atoms with E-state index < -0.39 is 0 Å². The summed E-state index contributed by atoms with van der Waals surface area (Å²) in [6, 6.07) is 0. The zero-order chi connectivity index (χ0) is 10.1. The Bertz CT molecular complexity index is 199. The van der Waals surface area contributed by atoms with Crippen LogP contribution in [0.15, 0.2) is 36.1 Å². The number of rotatable bonds is 5. The molecule has 0 aromatic carbocycles. The number of hydrogen-bond acceptors (Lipinski definition) is 1. The van der Waals surface area contributed by atoms with E-state index in [0.29, 0.717) is 0 Å². The molecule has 0 heterocycles. The van der Waals surface area contributed by atoms with Crippen LogP contribution in [0.5, 0.6) is 0 Å². The molecule has 0 aliphatic heterocycles. The Balaban J connectivity index is 4.25. The summed E-state index contributed by atoms with van der Waals surface area (Å²) in [6.07, 6.45) is 12.1. The van der Waals surface area contributed by atoms with Crippen LogP contribution in [-0.4, -0.2) is 0 Å². The van der Waals surface area contributed by atoms with Crippen molar-refractivity contribution in [2.45, 2.75) is 33.6 Å². The molecule has 0 aromatic rings. The van der Waals surface area contributed by atoms with Crippen LogP contribution >= 0.6 is 0 Å². The van der Waals surface area contributed by atoms with E-state index in [1.165, 1.54) is 12.0 Å². The van der Waals surface area contributed by atoms with Gasteiger partial charge in [-0.25, -0.2) is 0 Å². The third kappa shape index (κ3) is 6.21. The van der Waals surface area contributed by atoms with Gasteiger partial charge in [-0.05, 0) is 37.1 Å². The van der Waals surface area contributed by atoms with Crippen molar-refractivity contribution >= 4 is 0 Å². The molecule has 1 nitrogen and oxygen atoms in total. The van der Waals surface area contributed by atoms with Gasteiger partial charge in [0.05, 0.1) is 0 Å². The topological polar surface area (TPSA) is 26.0 Å². The van der Waals surface area contributed by atoms with E-state index in [4.69, 9.17) is 5.73 Å². The Morgan fingerprint density at radius 3 is 2.62 bits per heavy atom. The third-order valence-corrected chi connectivity index (χ3v) is 2.09. The quantitative estimate of drug-likeness (QED) is 0.643. The second kappa shape index (κ2) is 7.66. The number of nitrogens with two attached hydrogens (primary N) is 1. The first kappa shape index (κ1) is 12.0. The molecule has 0 bridgehead atoms. The van der Waals surface area contributed by atoms with Gasteiger partial charge in [-0.1, -0.05) is 38.5 Å². The lowest BCUT2D eigenvalue weighted by molar-refractivity contribution is 0.562. The summed E-state index contributed by atoms with van der Waals surface area (Å²) < 4.78 is 0. The molecule has 13 heavy (non-hydrogen) atoms. The molecule has 0 saturated carbocycles. The molecular formula is C12H21N. The average molecular weight is 179 g/mol. The van der Waals surface area contributed by atoms with E-state index >= 15 is 0 Å². The minimum Gasteiger partial charge on any atom is -0.405 e. The van der Waals surface area contributed by atoms with E-state index in [1.807, 2.05) is 19.1 Å². The molecular weight excluding hydrogens is 158 g/mol. The van der Waals surface area contributed by atoms with Gasteiger partial charge in [-0.2, -0.15) is 0 Å². The summed E-state index contributed by atoms with van der Waals surface area (Å²) in [5.74, 6) is 0.729. The Labute approximate surface area is 82.0 Å². The van der Waals surface area contributed by atoms with E-state index in [2.05, 4.69) is 26.0 Å². The minimum absolute atomic E-state index is 0.729. The fourth-order valence-electron chi connectivity index (χ4n) is 1.08. The van der Waals surface area contributed by atoms with Crippen molar-refractivity contribution in [1.82, 2.24) is 0 Å². The van der Waals surface area contributed by atoms with Crippen LogP contribution in [0.2, 0.25) is 0 Å². The zero-order valence-corrected chi connectivity index (χ0v) is 8.96. The van der Waals surface area contributed by atoms with Gasteiger partial charge in [0.15, 0.2) is 0 Å². The van der Waals surface area contributed by atoms with Gasteiger partial charge in [-0.3, -0.25) is 0 Å². The fourth-order valence-corrected chi connectivity index (χ4v) is 1.08. The highest BCUT2D eigenvalue weighted by Gasteiger charge is 1.99. The molecule has 1 atom stereocenters. The lowest BCUT2D eigenvalue weighted by atomic mass is 9.98. The Kier molecular flexibility index (Phi) is 7.08. The first-order valence-electron chi connectivity index (χ1n) is 4.94. The van der Waals surface area contributed by atoms with Crippen molar-refractivity contribution < 1.29 is 0 Å². The predicted octanol–water partition coefficient (Wildman–Crippen LogP) is 3.40. The molecule has 74 valence electrons. The fraction of sp³-hybridized carbons (Fsp3) is 0.500. The summed E-state index contributed by atoms with van der Waals surface area (Å²) in [7, 11) is 0. The first-order valence-corrected chi connectivity index (χ1v) is 4.94. The second-order valence-corrected chi connectivity index (χ2v) is 3.34. The second-order valence-electron chi connectivity index (χ2n) is 3.34. The van der Waals surface area contributed by atoms with Crippen LogP contribution in [0.4, 0.5) is 0 Å². The highest BCUT2D eigenvalue weighted by molar-refractivity contribution is 5.23. The third-order valence-electron chi connectivity index (χ3n) is 2.09. The molecule has 0 amide bonds. The van der Waals surface area contributed by atoms with Crippen LogP contribution in [0.25, 0.3) is 0 Å². The van der Waals surface area contributed by atoms with Crippen molar-refractivity contribution in [1.29, 1.82) is 0 Å². The lowest BCUT2D eigenvalue weighted by Gasteiger charge is -2.08. The molecule has 1 unspecified atom stereocenters. The lowest BCUT2D eigenvalue weighted by Crippen LogP contribution is -1.94. The predicted molar refractivity (Wildman–Crippen MR) is 60.3 cm³/mol. The smallest absolute Gasteiger partial charge is 0.00596 e. The van der Waals surface area contributed by atoms with Gasteiger partial charge in [0.1, 0.15) is 0 Å². The first-order chi connectivity index (χ1) is 6.24. The minimum atomic E-state index is 0.729. The van der Waals surface area contributed by atoms with Gasteiger partial charge < -0.3 is 5.73 Å². The molecule has 0 rings (SSSR count). The Hall–Kier alpha value is -0.980. The summed E-state index contributed by atoms with van der Waals surface area (Å²) in [6.45, 7) is 6.49. The maximum atomic E-state index is 5.37. The van der Waals surface area contributed by atoms with Crippen molar-refractivity contribution in [2.24, 2.45) is 11.7 Å². The van der Waals surface area contributed by atoms with Gasteiger partial charge >= 0.3 is 0 Å². The summed E-state index contributed by atoms with van der Waals surface area (Å²) in [5.41, 5.74) is 6.67. The molecule has 0 saturated heterocycles. The molecule has 0 fully saturated rings. The van der Waals surface area contributed by atoms with Crippen LogP contribution in [-0.2, 0) is 0 Å². The van der Waals surface area contributed by atoms with E-state index in [9.17, 15) is 0 Å². The molecule has 0 aromatic heterocycles. The standard InChI is InChI=1S/C12H21N/c1-4-6-7-12(8-9-13)10-11(3)5-2/h4,6-9,11H,5,10,13H2,1-3H3/b6-4+,9-8-,12-7+. The molecule has 0 aliphatic rings. The summed E-state index contributed by atoms with van der Waals surface area (Å²) in [4.78, 5) is 0. The van der Waals surface area contributed by atoms with Gasteiger partial charge in [0.25, 0.3) is 0 Å². The highest BCUT2D eigenvalue weighted by atomic mass is 14.5. The molecule has 2 N–H and O–H groups in total. The van der Waals surface area contributed by atoms with E-state index in [0.717, 1.165) is 12.3 Å². The van der Waals surface area contributed by atoms with Crippen LogP contribution in [0.3, 0.4) is 0 Å². The monoisotopic (exact) mass is 179 g/mol. The molecule has 0 aliphatic carbocycles. The number of allylic oxidation sites excluding steroid dienone is 5. The zero-order valence-electron chi connectivity index (χ0n) is 8.96. The van der Waals surface area contributed by atoms with Gasteiger partial charge in [-0.15, -0.1) is 0 Å². The van der Waals surface area contributed by atoms with Crippen LogP contribution < -0.4 is 5.73 Å². The van der Waals surface area contributed by atoms with Crippen molar-refractivity contribution in [3.8, 4) is 0 Å². The normalized spacial score (nSPS) is 15.8. The largest absolute Gasteiger partial charge is 0.405 e. The van der Waals surface area contributed by atoms with Gasteiger partial charge in [0, 0.05) is 0 Å². The Morgan fingerprint density at radius 1 is 1.46 bits per heavy atom. The highest BCUT2D eigenvalue weighted by Crippen LogP contribution is 2.15. The van der Waals surface area contributed by atoms with Gasteiger partial charge in [0.2, 0.25) is 0 Å². The molecule has 0 radical (unpaired) electrons. The molecule has 0 spiro atoms. The van der Waals surface area contributed by atoms with Crippen LogP contribution in [0.1, 0.15) is 33.6 Å². The van der Waals surface area contributed by atoms with Crippen molar-refractivity contribution in [2.75, 3.05) is 0 Å². The average Bonchev–Trinajstić information content (AvgIpc) is 2.14. The number of hydrogen-bond donors (Lipinski definition) is 1. The summed E-state index contributed by atoms with van der Waals surface area (Å²) in [5, 5.41) is 0. The Morgan fingerprint density at radius 2 is 2.15 bits per heavy atom. The van der Waals surface area contributed by atoms with Crippen LogP contribution in [0, 0.1) is 5.92 Å². The van der Waals surface area contributed by atoms with Crippen molar-refractivity contribution in [3.63, 3.8) is 0 Å². The summed E-state index contributed by atoms with van der Waals surface area (Å²) >= 11 is 0. The SMILES string of the molecule is C/C=C/C=C(\C=C/N)CC(C)CC. The molecule has 1 heteroatoms. The van der Waals surface area contributed by atoms with E-state index in [1.54, 1.807) is 6.20 Å². The van der Waals surface area contributed by atoms with E-state index in [-0.39, 0.29) is 0 Å².